The van der Waals surface area contributed by atoms with Gasteiger partial charge in [-0.3, -0.25) is 4.98 Å². The molecule has 4 nitrogen and oxygen atoms in total. The number of alkyl halides is 2. The van der Waals surface area contributed by atoms with E-state index in [4.69, 9.17) is 0 Å². The predicted molar refractivity (Wildman–Crippen MR) is 55.4 cm³/mol. The minimum absolute atomic E-state index is 0.155. The SMILES string of the molecule is CCOC(=O)C(F)(F)C(C)(O)c1cccnc1. The average Bonchev–Trinajstić information content (AvgIpc) is 2.30. The van der Waals surface area contributed by atoms with Crippen LogP contribution >= 0.6 is 0 Å². The van der Waals surface area contributed by atoms with Gasteiger partial charge in [-0.05, 0) is 19.9 Å². The average molecular weight is 245 g/mol. The van der Waals surface area contributed by atoms with Crippen LogP contribution in [-0.4, -0.2) is 28.6 Å². The van der Waals surface area contributed by atoms with Gasteiger partial charge in [0, 0.05) is 18.0 Å². The molecule has 1 aromatic heterocycles. The third kappa shape index (κ3) is 2.41. The summed E-state index contributed by atoms with van der Waals surface area (Å²) in [6, 6.07) is 2.66. The summed E-state index contributed by atoms with van der Waals surface area (Å²) in [6.07, 6.45) is 2.45. The number of hydrogen-bond donors (Lipinski definition) is 1. The van der Waals surface area contributed by atoms with E-state index in [1.807, 2.05) is 0 Å². The lowest BCUT2D eigenvalue weighted by atomic mass is 9.90. The zero-order valence-corrected chi connectivity index (χ0v) is 9.48. The lowest BCUT2D eigenvalue weighted by molar-refractivity contribution is -0.212. The van der Waals surface area contributed by atoms with Crippen LogP contribution in [0.3, 0.4) is 0 Å². The Morgan fingerprint density at radius 1 is 1.59 bits per heavy atom. The zero-order valence-electron chi connectivity index (χ0n) is 9.48. The van der Waals surface area contributed by atoms with Gasteiger partial charge < -0.3 is 9.84 Å². The van der Waals surface area contributed by atoms with Crippen molar-refractivity contribution in [2.45, 2.75) is 25.4 Å². The van der Waals surface area contributed by atoms with Gasteiger partial charge in [0.1, 0.15) is 0 Å². The summed E-state index contributed by atoms with van der Waals surface area (Å²) in [7, 11) is 0. The number of rotatable bonds is 4. The molecule has 1 N–H and O–H groups in total. The van der Waals surface area contributed by atoms with Crippen LogP contribution < -0.4 is 0 Å². The van der Waals surface area contributed by atoms with Gasteiger partial charge in [-0.2, -0.15) is 8.78 Å². The highest BCUT2D eigenvalue weighted by Gasteiger charge is 2.57. The first kappa shape index (κ1) is 13.5. The molecule has 0 aliphatic heterocycles. The van der Waals surface area contributed by atoms with Gasteiger partial charge in [-0.25, -0.2) is 4.79 Å². The van der Waals surface area contributed by atoms with Crippen LogP contribution in [0.4, 0.5) is 8.78 Å². The van der Waals surface area contributed by atoms with Gasteiger partial charge in [0.15, 0.2) is 5.60 Å². The second-order valence-corrected chi connectivity index (χ2v) is 3.61. The Kier molecular flexibility index (Phi) is 3.77. The second kappa shape index (κ2) is 4.75. The van der Waals surface area contributed by atoms with Crippen molar-refractivity contribution < 1.29 is 23.4 Å². The van der Waals surface area contributed by atoms with Crippen LogP contribution in [0.2, 0.25) is 0 Å². The molecule has 0 amide bonds. The molecule has 0 aliphatic carbocycles. The Morgan fingerprint density at radius 2 is 2.24 bits per heavy atom. The Bertz CT molecular complexity index is 393. The molecule has 0 aliphatic rings. The van der Waals surface area contributed by atoms with Crippen molar-refractivity contribution in [1.29, 1.82) is 0 Å². The van der Waals surface area contributed by atoms with E-state index >= 15 is 0 Å². The van der Waals surface area contributed by atoms with Gasteiger partial charge in [-0.15, -0.1) is 0 Å². The van der Waals surface area contributed by atoms with E-state index in [0.29, 0.717) is 0 Å². The van der Waals surface area contributed by atoms with Crippen LogP contribution in [0.15, 0.2) is 24.5 Å². The van der Waals surface area contributed by atoms with Crippen molar-refractivity contribution in [1.82, 2.24) is 4.98 Å². The number of esters is 1. The molecule has 17 heavy (non-hydrogen) atoms. The molecule has 0 aromatic carbocycles. The molecule has 1 atom stereocenters. The molecule has 1 rings (SSSR count). The highest BCUT2D eigenvalue weighted by atomic mass is 19.3. The lowest BCUT2D eigenvalue weighted by Gasteiger charge is -2.30. The van der Waals surface area contributed by atoms with E-state index in [1.54, 1.807) is 0 Å². The Hall–Kier alpha value is -1.56. The molecule has 0 bridgehead atoms. The fraction of sp³-hybridized carbons (Fsp3) is 0.455. The van der Waals surface area contributed by atoms with Crippen molar-refractivity contribution in [3.8, 4) is 0 Å². The molecular weight excluding hydrogens is 232 g/mol. The summed E-state index contributed by atoms with van der Waals surface area (Å²) in [6.45, 7) is 2.07. The van der Waals surface area contributed by atoms with Gasteiger partial charge in [0.05, 0.1) is 6.61 Å². The minimum Gasteiger partial charge on any atom is -0.461 e. The quantitative estimate of drug-likeness (QED) is 0.816. The van der Waals surface area contributed by atoms with Crippen molar-refractivity contribution in [3.05, 3.63) is 30.1 Å². The first-order valence-corrected chi connectivity index (χ1v) is 5.02. The standard InChI is InChI=1S/C11H13F2NO3/c1-3-17-9(15)11(12,13)10(2,16)8-5-4-6-14-7-8/h4-7,16H,3H2,1-2H3. The monoisotopic (exact) mass is 245 g/mol. The molecule has 94 valence electrons. The molecule has 0 radical (unpaired) electrons. The molecule has 1 unspecified atom stereocenters. The van der Waals surface area contributed by atoms with Crippen molar-refractivity contribution in [2.75, 3.05) is 6.61 Å². The molecule has 0 saturated heterocycles. The van der Waals surface area contributed by atoms with Crippen LogP contribution in [-0.2, 0) is 15.1 Å². The van der Waals surface area contributed by atoms with Crippen LogP contribution in [0.1, 0.15) is 19.4 Å². The van der Waals surface area contributed by atoms with Crippen molar-refractivity contribution in [3.63, 3.8) is 0 Å². The maximum atomic E-state index is 13.7. The number of aromatic nitrogens is 1. The summed E-state index contributed by atoms with van der Waals surface area (Å²) in [4.78, 5) is 14.8. The normalized spacial score (nSPS) is 15.1. The molecule has 1 aromatic rings. The summed E-state index contributed by atoms with van der Waals surface area (Å²) in [5.74, 6) is -5.79. The third-order valence-corrected chi connectivity index (χ3v) is 2.37. The highest BCUT2D eigenvalue weighted by Crippen LogP contribution is 2.37. The highest BCUT2D eigenvalue weighted by molar-refractivity contribution is 5.79. The van der Waals surface area contributed by atoms with Gasteiger partial charge in [0.2, 0.25) is 0 Å². The fourth-order valence-corrected chi connectivity index (χ4v) is 1.25. The maximum Gasteiger partial charge on any atom is 0.380 e. The zero-order chi connectivity index (χ0) is 13.1. The predicted octanol–water partition coefficient (Wildman–Crippen LogP) is 1.49. The molecule has 0 fully saturated rings. The van der Waals surface area contributed by atoms with E-state index in [0.717, 1.165) is 13.1 Å². The molecular formula is C11H13F2NO3. The number of ether oxygens (including phenoxy) is 1. The third-order valence-electron chi connectivity index (χ3n) is 2.37. The number of pyridine rings is 1. The summed E-state index contributed by atoms with van der Waals surface area (Å²) < 4.78 is 31.7. The number of aliphatic hydroxyl groups is 1. The van der Waals surface area contributed by atoms with E-state index in [9.17, 15) is 18.7 Å². The molecule has 0 spiro atoms. The van der Waals surface area contributed by atoms with E-state index in [-0.39, 0.29) is 12.2 Å². The van der Waals surface area contributed by atoms with Gasteiger partial charge in [-0.1, -0.05) is 6.07 Å². The van der Waals surface area contributed by atoms with E-state index in [2.05, 4.69) is 9.72 Å². The smallest absolute Gasteiger partial charge is 0.380 e. The van der Waals surface area contributed by atoms with Crippen LogP contribution in [0.5, 0.6) is 0 Å². The Morgan fingerprint density at radius 3 is 2.71 bits per heavy atom. The van der Waals surface area contributed by atoms with Gasteiger partial charge in [0.25, 0.3) is 0 Å². The number of nitrogens with zero attached hydrogens (tertiary/aromatic N) is 1. The van der Waals surface area contributed by atoms with Gasteiger partial charge >= 0.3 is 11.9 Å². The number of carbonyl (C=O) groups excluding carboxylic acids is 1. The first-order chi connectivity index (χ1) is 7.84. The van der Waals surface area contributed by atoms with E-state index in [1.165, 1.54) is 25.3 Å². The fourth-order valence-electron chi connectivity index (χ4n) is 1.25. The summed E-state index contributed by atoms with van der Waals surface area (Å²) in [5, 5.41) is 9.82. The first-order valence-electron chi connectivity index (χ1n) is 5.02. The summed E-state index contributed by atoms with van der Waals surface area (Å²) >= 11 is 0. The van der Waals surface area contributed by atoms with Crippen LogP contribution in [0, 0.1) is 0 Å². The number of halogens is 2. The topological polar surface area (TPSA) is 59.4 Å². The molecule has 6 heteroatoms. The minimum atomic E-state index is -4.04. The van der Waals surface area contributed by atoms with Crippen LogP contribution in [0.25, 0.3) is 0 Å². The largest absolute Gasteiger partial charge is 0.461 e. The second-order valence-electron chi connectivity index (χ2n) is 3.61. The van der Waals surface area contributed by atoms with Crippen molar-refractivity contribution >= 4 is 5.97 Å². The maximum absolute atomic E-state index is 13.7. The number of hydrogen-bond acceptors (Lipinski definition) is 4. The lowest BCUT2D eigenvalue weighted by Crippen LogP contribution is -2.49. The molecule has 0 saturated carbocycles. The molecule has 1 heterocycles. The summed E-state index contributed by atoms with van der Waals surface area (Å²) in [5.41, 5.74) is -2.81. The Labute approximate surface area is 97.2 Å². The number of carbonyl (C=O) groups is 1. The Balaban J connectivity index is 3.08. The van der Waals surface area contributed by atoms with E-state index < -0.39 is 17.5 Å². The van der Waals surface area contributed by atoms with Crippen molar-refractivity contribution in [2.24, 2.45) is 0 Å².